The molecule has 1 aromatic rings. The maximum Gasteiger partial charge on any atom is 0.416 e. The van der Waals surface area contributed by atoms with Gasteiger partial charge in [-0.3, -0.25) is 20.2 Å². The summed E-state index contributed by atoms with van der Waals surface area (Å²) in [6.45, 7) is 1.06. The molecule has 0 amide bonds. The first kappa shape index (κ1) is 19.0. The molecule has 0 aromatic heterocycles. The van der Waals surface area contributed by atoms with Crippen LogP contribution in [0.4, 0.5) is 24.5 Å². The molecule has 1 rings (SSSR count). The number of hydrogen-bond donors (Lipinski definition) is 0. The first-order valence-corrected chi connectivity index (χ1v) is 7.46. The second-order valence-corrected chi connectivity index (χ2v) is 5.91. The number of rotatable bonds is 6. The predicted octanol–water partition coefficient (Wildman–Crippen LogP) is 2.13. The van der Waals surface area contributed by atoms with Crippen LogP contribution in [0.15, 0.2) is 12.1 Å². The minimum Gasteiger partial charge on any atom is -0.775 e. The highest BCUT2D eigenvalue weighted by Gasteiger charge is 2.40. The van der Waals surface area contributed by atoms with Gasteiger partial charge >= 0.3 is 6.18 Å². The summed E-state index contributed by atoms with van der Waals surface area (Å²) < 4.78 is 54.3. The number of nitrogens with zero attached hydrogens (tertiary/aromatic N) is 2. The van der Waals surface area contributed by atoms with Gasteiger partial charge in [-0.1, -0.05) is 6.92 Å². The third-order valence-electron chi connectivity index (χ3n) is 2.53. The minimum absolute atomic E-state index is 0.0812. The lowest BCUT2D eigenvalue weighted by Crippen LogP contribution is -2.25. The Labute approximate surface area is 126 Å². The topological polar surface area (TPSA) is 136 Å². The van der Waals surface area contributed by atoms with Crippen LogP contribution < -0.4 is 10.2 Å². The van der Waals surface area contributed by atoms with E-state index in [9.17, 15) is 42.9 Å². The fourth-order valence-electron chi connectivity index (χ4n) is 1.60. The van der Waals surface area contributed by atoms with Gasteiger partial charge in [0, 0.05) is 12.1 Å². The van der Waals surface area contributed by atoms with E-state index in [1.807, 2.05) is 0 Å². The Kier molecular flexibility index (Phi) is 5.46. The summed E-state index contributed by atoms with van der Waals surface area (Å²) in [5.74, 6) is 0. The Morgan fingerprint density at radius 2 is 1.61 bits per heavy atom. The number of nitro groups is 2. The molecule has 1 atom stereocenters. The summed E-state index contributed by atoms with van der Waals surface area (Å²) in [6.07, 6.45) is -4.97. The largest absolute Gasteiger partial charge is 0.775 e. The molecular weight excluding hydrogens is 348 g/mol. The molecule has 0 aliphatic rings. The zero-order chi connectivity index (χ0) is 18.0. The molecule has 128 valence electrons. The second kappa shape index (κ2) is 6.60. The molecule has 1 aromatic carbocycles. The van der Waals surface area contributed by atoms with Gasteiger partial charge in [0.2, 0.25) is 0 Å². The summed E-state index contributed by atoms with van der Waals surface area (Å²) in [6, 6.07) is -0.162. The van der Waals surface area contributed by atoms with E-state index in [4.69, 9.17) is 0 Å². The van der Waals surface area contributed by atoms with E-state index in [1.165, 1.54) is 6.92 Å². The monoisotopic (exact) mass is 357 g/mol. The van der Waals surface area contributed by atoms with Gasteiger partial charge in [0.1, 0.15) is 0 Å². The minimum atomic E-state index is -5.32. The third-order valence-corrected chi connectivity index (χ3v) is 4.06. The van der Waals surface area contributed by atoms with E-state index in [-0.39, 0.29) is 18.6 Å². The molecule has 0 fully saturated rings. The van der Waals surface area contributed by atoms with Crippen molar-refractivity contribution in [3.63, 3.8) is 0 Å². The maximum atomic E-state index is 12.7. The lowest BCUT2D eigenvalue weighted by atomic mass is 10.1. The quantitative estimate of drug-likeness (QED) is 0.432. The van der Waals surface area contributed by atoms with Crippen molar-refractivity contribution in [2.24, 2.45) is 0 Å². The first-order chi connectivity index (χ1) is 10.4. The van der Waals surface area contributed by atoms with Gasteiger partial charge < -0.3 is 14.0 Å². The Morgan fingerprint density at radius 3 is 1.91 bits per heavy atom. The Balaban J connectivity index is 3.76. The zero-order valence-corrected chi connectivity index (χ0v) is 12.3. The van der Waals surface area contributed by atoms with Crippen LogP contribution in [0, 0.1) is 20.2 Å². The average molecular weight is 357 g/mol. The van der Waals surface area contributed by atoms with Crippen LogP contribution in [-0.4, -0.2) is 16.5 Å². The Bertz CT molecular complexity index is 657. The molecule has 1 unspecified atom stereocenters. The van der Waals surface area contributed by atoms with Gasteiger partial charge in [0.05, 0.1) is 22.0 Å². The van der Waals surface area contributed by atoms with Crippen LogP contribution in [0.25, 0.3) is 0 Å². The average Bonchev–Trinajstić information content (AvgIpc) is 2.42. The van der Waals surface area contributed by atoms with Crippen molar-refractivity contribution in [3.8, 4) is 0 Å². The Morgan fingerprint density at radius 1 is 1.17 bits per heavy atom. The molecule has 0 aliphatic carbocycles. The van der Waals surface area contributed by atoms with Crippen molar-refractivity contribution in [2.45, 2.75) is 19.5 Å². The predicted molar refractivity (Wildman–Crippen MR) is 68.2 cm³/mol. The molecule has 0 radical (unpaired) electrons. The lowest BCUT2D eigenvalue weighted by Gasteiger charge is -2.23. The number of hydrogen-bond acceptors (Lipinski definition) is 7. The maximum absolute atomic E-state index is 12.7. The van der Waals surface area contributed by atoms with Gasteiger partial charge in [-0.05, 0) is 6.42 Å². The molecule has 0 spiro atoms. The van der Waals surface area contributed by atoms with Crippen molar-refractivity contribution >= 4 is 24.3 Å². The van der Waals surface area contributed by atoms with Crippen molar-refractivity contribution in [1.82, 2.24) is 0 Å². The summed E-state index contributed by atoms with van der Waals surface area (Å²) in [5, 5.41) is 20.3. The molecule has 13 heteroatoms. The van der Waals surface area contributed by atoms with Gasteiger partial charge in [0.25, 0.3) is 11.4 Å². The molecule has 0 bridgehead atoms. The smallest absolute Gasteiger partial charge is 0.416 e. The fraction of sp³-hybridized carbons (Fsp3) is 0.400. The van der Waals surface area contributed by atoms with Gasteiger partial charge in [0.15, 0.2) is 12.9 Å². The molecule has 0 N–H and O–H groups in total. The first-order valence-electron chi connectivity index (χ1n) is 5.92. The van der Waals surface area contributed by atoms with E-state index in [1.54, 1.807) is 0 Å². The van der Waals surface area contributed by atoms with E-state index in [2.05, 4.69) is 4.52 Å². The lowest BCUT2D eigenvalue weighted by molar-refractivity contribution is -0.392. The van der Waals surface area contributed by atoms with E-state index >= 15 is 0 Å². The standard InChI is InChI=1S/C10H10F3N2O7P/c1-2-3-22-23(20,21)9-7(14(16)17)4-6(10(11,12)13)5-8(9)15(18)19/h4-5H,2-3H2,1H3,(H,20,21)/p-1. The second-order valence-electron chi connectivity index (χ2n) is 4.21. The van der Waals surface area contributed by atoms with Crippen LogP contribution in [0.3, 0.4) is 0 Å². The van der Waals surface area contributed by atoms with Crippen molar-refractivity contribution < 1.29 is 37.0 Å². The van der Waals surface area contributed by atoms with Crippen LogP contribution in [0.1, 0.15) is 18.9 Å². The number of benzene rings is 1. The zero-order valence-electron chi connectivity index (χ0n) is 11.4. The summed E-state index contributed by atoms with van der Waals surface area (Å²) in [5.41, 5.74) is -4.85. The SMILES string of the molecule is CCCOP(=O)([O-])c1c([N+](=O)[O-])cc(C(F)(F)F)cc1[N+](=O)[O-]. The molecular formula is C10H9F3N2O7P-. The number of halogens is 3. The highest BCUT2D eigenvalue weighted by Crippen LogP contribution is 2.45. The third kappa shape index (κ3) is 4.24. The number of nitro benzene ring substituents is 2. The number of alkyl halides is 3. The van der Waals surface area contributed by atoms with Crippen molar-refractivity contribution in [1.29, 1.82) is 0 Å². The molecule has 0 aliphatic heterocycles. The molecule has 9 nitrogen and oxygen atoms in total. The van der Waals surface area contributed by atoms with Crippen LogP contribution in [-0.2, 0) is 15.3 Å². The molecule has 0 saturated carbocycles. The van der Waals surface area contributed by atoms with Crippen LogP contribution in [0.5, 0.6) is 0 Å². The Hall–Kier alpha value is -2.04. The normalized spacial score (nSPS) is 14.3. The molecule has 0 heterocycles. The van der Waals surface area contributed by atoms with E-state index in [0.29, 0.717) is 0 Å². The highest BCUT2D eigenvalue weighted by atomic mass is 31.2. The molecule has 0 saturated heterocycles. The van der Waals surface area contributed by atoms with Gasteiger partial charge in [-0.25, -0.2) is 0 Å². The molecule has 23 heavy (non-hydrogen) atoms. The van der Waals surface area contributed by atoms with E-state index in [0.717, 1.165) is 0 Å². The fourth-order valence-corrected chi connectivity index (χ4v) is 3.01. The van der Waals surface area contributed by atoms with Crippen LogP contribution in [0.2, 0.25) is 0 Å². The van der Waals surface area contributed by atoms with Crippen LogP contribution >= 0.6 is 7.60 Å². The van der Waals surface area contributed by atoms with Crippen molar-refractivity contribution in [3.05, 3.63) is 37.9 Å². The van der Waals surface area contributed by atoms with Gasteiger partial charge in [-0.15, -0.1) is 0 Å². The van der Waals surface area contributed by atoms with E-state index < -0.39 is 52.5 Å². The summed E-state index contributed by atoms with van der Waals surface area (Å²) in [4.78, 5) is 30.8. The summed E-state index contributed by atoms with van der Waals surface area (Å²) >= 11 is 0. The van der Waals surface area contributed by atoms with Crippen molar-refractivity contribution in [2.75, 3.05) is 6.61 Å². The highest BCUT2D eigenvalue weighted by molar-refractivity contribution is 7.60. The van der Waals surface area contributed by atoms with Gasteiger partial charge in [-0.2, -0.15) is 13.2 Å². The summed E-state index contributed by atoms with van der Waals surface area (Å²) in [7, 11) is -5.32.